The molecule has 12 heteroatoms. The Morgan fingerprint density at radius 3 is 2.30 bits per heavy atom. The minimum absolute atomic E-state index is 0.0241. The van der Waals surface area contributed by atoms with Crippen molar-refractivity contribution in [3.63, 3.8) is 0 Å². The van der Waals surface area contributed by atoms with Gasteiger partial charge in [-0.25, -0.2) is 21.9 Å². The molecule has 0 bridgehead atoms. The highest BCUT2D eigenvalue weighted by molar-refractivity contribution is 7.90. The number of nitrogens with zero attached hydrogens (tertiary/aromatic N) is 1. The van der Waals surface area contributed by atoms with Gasteiger partial charge in [-0.05, 0) is 42.2 Å². The molecule has 3 aromatic rings. The molecule has 0 aliphatic rings. The van der Waals surface area contributed by atoms with Crippen molar-refractivity contribution < 1.29 is 31.6 Å². The Kier molecular flexibility index (Phi) is 12.3. The Labute approximate surface area is 256 Å². The Morgan fingerprint density at radius 2 is 1.63 bits per heavy atom. The van der Waals surface area contributed by atoms with Crippen molar-refractivity contribution in [3.05, 3.63) is 89.5 Å². The molecule has 230 valence electrons. The van der Waals surface area contributed by atoms with Gasteiger partial charge in [0.05, 0.1) is 4.90 Å². The quantitative estimate of drug-likeness (QED) is 0.225. The lowest BCUT2D eigenvalue weighted by Gasteiger charge is -2.23. The fraction of sp³-hybridized carbons (Fsp3) is 0.323. The van der Waals surface area contributed by atoms with E-state index in [1.165, 1.54) is 47.4 Å². The predicted molar refractivity (Wildman–Crippen MR) is 164 cm³/mol. The van der Waals surface area contributed by atoms with Crippen molar-refractivity contribution in [2.24, 2.45) is 0 Å². The van der Waals surface area contributed by atoms with Gasteiger partial charge >= 0.3 is 0 Å². The lowest BCUT2D eigenvalue weighted by Crippen LogP contribution is -2.36. The van der Waals surface area contributed by atoms with E-state index >= 15 is 4.39 Å². The van der Waals surface area contributed by atoms with Crippen molar-refractivity contribution in [3.8, 4) is 11.1 Å². The minimum atomic E-state index is -4.18. The molecule has 0 spiro atoms. The molecule has 3 rings (SSSR count). The molecule has 3 aromatic carbocycles. The summed E-state index contributed by atoms with van der Waals surface area (Å²) in [6, 6.07) is 16.5. The largest absolute Gasteiger partial charge is 0.355 e. The number of carbonyl (C=O) groups excluding carboxylic acids is 3. The van der Waals surface area contributed by atoms with Crippen LogP contribution in [-0.4, -0.2) is 49.4 Å². The normalized spacial score (nSPS) is 11.9. The summed E-state index contributed by atoms with van der Waals surface area (Å²) in [6.07, 6.45) is 1.09. The summed E-state index contributed by atoms with van der Waals surface area (Å²) in [5, 5.41) is 2.44. The lowest BCUT2D eigenvalue weighted by atomic mass is 10.0. The third-order valence-corrected chi connectivity index (χ3v) is 8.41. The maximum Gasteiger partial charge on any atom is 0.264 e. The van der Waals surface area contributed by atoms with Crippen LogP contribution in [0.3, 0.4) is 0 Å². The van der Waals surface area contributed by atoms with Gasteiger partial charge in [0.2, 0.25) is 17.7 Å². The molecule has 0 unspecified atom stereocenters. The van der Waals surface area contributed by atoms with Gasteiger partial charge < -0.3 is 10.2 Å². The van der Waals surface area contributed by atoms with E-state index in [2.05, 4.69) is 17.9 Å². The van der Waals surface area contributed by atoms with Crippen LogP contribution in [0.25, 0.3) is 11.1 Å². The van der Waals surface area contributed by atoms with Crippen LogP contribution in [0.2, 0.25) is 0 Å². The van der Waals surface area contributed by atoms with E-state index in [-0.39, 0.29) is 76.9 Å². The monoisotopic (exact) mass is 631 g/mol. The van der Waals surface area contributed by atoms with E-state index in [0.29, 0.717) is 18.4 Å². The van der Waals surface area contributed by atoms with E-state index in [4.69, 9.17) is 0 Å². The van der Waals surface area contributed by atoms with Crippen LogP contribution in [0.15, 0.2) is 71.6 Å². The first kappa shape index (κ1) is 33.7. The maximum atomic E-state index is 15.3. The number of thiol groups is 1. The summed E-state index contributed by atoms with van der Waals surface area (Å²) in [6.45, 7) is 3.08. The summed E-state index contributed by atoms with van der Waals surface area (Å²) >= 11 is 4.44. The Hall–Kier alpha value is -3.77. The maximum absolute atomic E-state index is 15.3. The van der Waals surface area contributed by atoms with E-state index in [0.717, 1.165) is 6.92 Å². The standard InChI is InChI=1S/C31H35F2N3O5S2/c1-3-8-31(39)36(16-15-30(38)34-19-25(42)17-23-9-4-6-11-27(23)32)20-24-14-13-22(18-28(24)33)26-10-5-7-12-29(26)43(40,41)35-21(2)37/h4-7,9-14,18,25,42H,3,8,15-17,19-20H2,1-2H3,(H,34,38)(H,35,37)/t25-/m1/s1. The van der Waals surface area contributed by atoms with Crippen LogP contribution in [0, 0.1) is 11.6 Å². The molecule has 8 nitrogen and oxygen atoms in total. The fourth-order valence-corrected chi connectivity index (χ4v) is 5.95. The lowest BCUT2D eigenvalue weighted by molar-refractivity contribution is -0.132. The molecule has 0 saturated carbocycles. The summed E-state index contributed by atoms with van der Waals surface area (Å²) in [5.41, 5.74) is 1.16. The summed E-state index contributed by atoms with van der Waals surface area (Å²) < 4.78 is 56.5. The second-order valence-corrected chi connectivity index (χ2v) is 12.4. The summed E-state index contributed by atoms with van der Waals surface area (Å²) in [7, 11) is -4.18. The Balaban J connectivity index is 1.68. The third kappa shape index (κ3) is 9.89. The zero-order valence-corrected chi connectivity index (χ0v) is 25.7. The van der Waals surface area contributed by atoms with Crippen LogP contribution >= 0.6 is 12.6 Å². The number of hydrogen-bond donors (Lipinski definition) is 3. The highest BCUT2D eigenvalue weighted by Gasteiger charge is 2.22. The molecular weight excluding hydrogens is 596 g/mol. The highest BCUT2D eigenvalue weighted by Crippen LogP contribution is 2.29. The zero-order chi connectivity index (χ0) is 31.6. The SMILES string of the molecule is CCCC(=O)N(CCC(=O)NC[C@H](S)Cc1ccccc1F)Cc1ccc(-c2ccccc2S(=O)(=O)NC(C)=O)cc1F. The van der Waals surface area contributed by atoms with Gasteiger partial charge in [-0.2, -0.15) is 12.6 Å². The van der Waals surface area contributed by atoms with Crippen LogP contribution in [-0.2, 0) is 37.4 Å². The first-order valence-corrected chi connectivity index (χ1v) is 15.8. The Bertz CT molecular complexity index is 1570. The zero-order valence-electron chi connectivity index (χ0n) is 24.0. The number of benzene rings is 3. The fourth-order valence-electron chi connectivity index (χ4n) is 4.44. The number of amides is 3. The van der Waals surface area contributed by atoms with Gasteiger partial charge in [-0.1, -0.05) is 55.5 Å². The summed E-state index contributed by atoms with van der Waals surface area (Å²) in [5.74, 6) is -2.31. The number of halogens is 2. The van der Waals surface area contributed by atoms with Crippen molar-refractivity contribution >= 4 is 40.4 Å². The van der Waals surface area contributed by atoms with E-state index in [1.807, 2.05) is 11.6 Å². The molecule has 0 aliphatic carbocycles. The predicted octanol–water partition coefficient (Wildman–Crippen LogP) is 4.63. The first-order valence-electron chi connectivity index (χ1n) is 13.8. The molecular formula is C31H35F2N3O5S2. The number of carbonyl (C=O) groups is 3. The van der Waals surface area contributed by atoms with Crippen LogP contribution in [0.4, 0.5) is 8.78 Å². The number of sulfonamides is 1. The number of rotatable bonds is 14. The molecule has 0 fully saturated rings. The van der Waals surface area contributed by atoms with Crippen molar-refractivity contribution in [1.82, 2.24) is 14.9 Å². The van der Waals surface area contributed by atoms with Gasteiger partial charge in [0.15, 0.2) is 0 Å². The van der Waals surface area contributed by atoms with E-state index < -0.39 is 21.7 Å². The van der Waals surface area contributed by atoms with Gasteiger partial charge in [-0.3, -0.25) is 14.4 Å². The average Bonchev–Trinajstić information content (AvgIpc) is 2.95. The van der Waals surface area contributed by atoms with Crippen LogP contribution in [0.1, 0.15) is 44.2 Å². The van der Waals surface area contributed by atoms with Crippen molar-refractivity contribution in [1.29, 1.82) is 0 Å². The van der Waals surface area contributed by atoms with Gasteiger partial charge in [0, 0.05) is 55.8 Å². The number of hydrogen-bond acceptors (Lipinski definition) is 6. The average molecular weight is 632 g/mol. The topological polar surface area (TPSA) is 113 Å². The van der Waals surface area contributed by atoms with E-state index in [9.17, 15) is 27.2 Å². The highest BCUT2D eigenvalue weighted by atomic mass is 32.2. The van der Waals surface area contributed by atoms with E-state index in [1.54, 1.807) is 24.3 Å². The molecule has 43 heavy (non-hydrogen) atoms. The van der Waals surface area contributed by atoms with Crippen molar-refractivity contribution in [2.75, 3.05) is 13.1 Å². The smallest absolute Gasteiger partial charge is 0.264 e. The summed E-state index contributed by atoms with van der Waals surface area (Å²) in [4.78, 5) is 38.0. The second kappa shape index (κ2) is 15.6. The third-order valence-electron chi connectivity index (χ3n) is 6.55. The molecule has 0 heterocycles. The van der Waals surface area contributed by atoms with Gasteiger partial charge in [0.1, 0.15) is 11.6 Å². The molecule has 0 saturated heterocycles. The molecule has 0 radical (unpaired) electrons. The Morgan fingerprint density at radius 1 is 0.930 bits per heavy atom. The first-order chi connectivity index (χ1) is 20.4. The molecule has 3 amide bonds. The molecule has 0 aliphatic heterocycles. The molecule has 2 N–H and O–H groups in total. The van der Waals surface area contributed by atoms with Gasteiger partial charge in [-0.15, -0.1) is 0 Å². The van der Waals surface area contributed by atoms with Gasteiger partial charge in [0.25, 0.3) is 10.0 Å². The molecule has 0 aromatic heterocycles. The number of nitrogens with one attached hydrogen (secondary N) is 2. The van der Waals surface area contributed by atoms with Crippen LogP contribution < -0.4 is 10.0 Å². The molecule has 1 atom stereocenters. The van der Waals surface area contributed by atoms with Crippen LogP contribution in [0.5, 0.6) is 0 Å². The minimum Gasteiger partial charge on any atom is -0.355 e. The van der Waals surface area contributed by atoms with Crippen molar-refractivity contribution in [2.45, 2.75) is 56.2 Å². The second-order valence-electron chi connectivity index (χ2n) is 10.0.